The molecule has 21 heavy (non-hydrogen) atoms. The Balaban J connectivity index is 3.04. The van der Waals surface area contributed by atoms with Gasteiger partial charge in [0, 0.05) is 37.3 Å². The van der Waals surface area contributed by atoms with Crippen LogP contribution in [0.15, 0.2) is 15.8 Å². The van der Waals surface area contributed by atoms with Crippen molar-refractivity contribution in [2.45, 2.75) is 33.7 Å². The fraction of sp³-hybridized carbons (Fsp3) is 0.600. The molecule has 0 radical (unpaired) electrons. The van der Waals surface area contributed by atoms with Crippen LogP contribution in [-0.2, 0) is 6.54 Å². The molecule has 0 saturated heterocycles. The minimum absolute atomic E-state index is 0.148. The van der Waals surface area contributed by atoms with Crippen LogP contribution in [0.3, 0.4) is 0 Å². The van der Waals surface area contributed by atoms with E-state index < -0.39 is 11.2 Å². The SMILES string of the molecule is CC(C)(C)C#Cc1cn(CCC(CO)CO)c(=O)[nH]c1=O. The van der Waals surface area contributed by atoms with Crippen molar-refractivity contribution >= 4 is 0 Å². The number of aliphatic hydroxyl groups is 2. The first-order chi connectivity index (χ1) is 9.76. The van der Waals surface area contributed by atoms with Gasteiger partial charge in [-0.25, -0.2) is 4.79 Å². The number of aliphatic hydroxyl groups excluding tert-OH is 2. The minimum Gasteiger partial charge on any atom is -0.396 e. The summed E-state index contributed by atoms with van der Waals surface area (Å²) >= 11 is 0. The smallest absolute Gasteiger partial charge is 0.328 e. The van der Waals surface area contributed by atoms with Crippen LogP contribution in [0.25, 0.3) is 0 Å². The Kier molecular flexibility index (Phi) is 5.94. The molecule has 1 aromatic heterocycles. The molecule has 0 unspecified atom stereocenters. The van der Waals surface area contributed by atoms with E-state index >= 15 is 0 Å². The van der Waals surface area contributed by atoms with Crippen molar-refractivity contribution in [1.82, 2.24) is 9.55 Å². The summed E-state index contributed by atoms with van der Waals surface area (Å²) in [5.41, 5.74) is -1.04. The number of aromatic nitrogens is 2. The summed E-state index contributed by atoms with van der Waals surface area (Å²) in [6.07, 6.45) is 1.86. The average molecular weight is 294 g/mol. The van der Waals surface area contributed by atoms with Crippen molar-refractivity contribution < 1.29 is 10.2 Å². The highest BCUT2D eigenvalue weighted by molar-refractivity contribution is 5.31. The van der Waals surface area contributed by atoms with Gasteiger partial charge in [-0.3, -0.25) is 14.3 Å². The number of H-pyrrole nitrogens is 1. The van der Waals surface area contributed by atoms with Gasteiger partial charge in [0.15, 0.2) is 0 Å². The molecule has 0 amide bonds. The highest BCUT2D eigenvalue weighted by Gasteiger charge is 2.09. The lowest BCUT2D eigenvalue weighted by atomic mass is 9.98. The highest BCUT2D eigenvalue weighted by Crippen LogP contribution is 2.10. The molecule has 0 atom stereocenters. The van der Waals surface area contributed by atoms with Crippen LogP contribution in [0.1, 0.15) is 32.8 Å². The Morgan fingerprint density at radius 1 is 1.29 bits per heavy atom. The third kappa shape index (κ3) is 5.58. The average Bonchev–Trinajstić information content (AvgIpc) is 2.39. The van der Waals surface area contributed by atoms with Crippen LogP contribution >= 0.6 is 0 Å². The lowest BCUT2D eigenvalue weighted by Gasteiger charge is -2.11. The number of rotatable bonds is 5. The monoisotopic (exact) mass is 294 g/mol. The first-order valence-corrected chi connectivity index (χ1v) is 6.85. The molecule has 0 aliphatic heterocycles. The summed E-state index contributed by atoms with van der Waals surface area (Å²) < 4.78 is 1.34. The Labute approximate surface area is 123 Å². The van der Waals surface area contributed by atoms with Gasteiger partial charge in [0.2, 0.25) is 0 Å². The van der Waals surface area contributed by atoms with Gasteiger partial charge in [-0.2, -0.15) is 0 Å². The van der Waals surface area contributed by atoms with E-state index in [0.29, 0.717) is 13.0 Å². The zero-order valence-electron chi connectivity index (χ0n) is 12.6. The van der Waals surface area contributed by atoms with Gasteiger partial charge >= 0.3 is 5.69 Å². The van der Waals surface area contributed by atoms with Gasteiger partial charge in [-0.15, -0.1) is 0 Å². The van der Waals surface area contributed by atoms with E-state index in [9.17, 15) is 9.59 Å². The standard InChI is InChI=1S/C15H22N2O4/c1-15(2,3)6-4-12-8-17(14(21)16-13(12)20)7-5-11(9-18)10-19/h8,11,18-19H,5,7,9-10H2,1-3H3,(H,16,20,21). The summed E-state index contributed by atoms with van der Waals surface area (Å²) in [5.74, 6) is 5.45. The summed E-state index contributed by atoms with van der Waals surface area (Å²) in [6, 6.07) is 0. The molecule has 6 nitrogen and oxygen atoms in total. The molecule has 3 N–H and O–H groups in total. The number of hydrogen-bond acceptors (Lipinski definition) is 4. The van der Waals surface area contributed by atoms with Crippen molar-refractivity contribution in [2.75, 3.05) is 13.2 Å². The predicted octanol–water partition coefficient (Wildman–Crippen LogP) is -0.0749. The first kappa shape index (κ1) is 17.2. The van der Waals surface area contributed by atoms with Crippen molar-refractivity contribution in [2.24, 2.45) is 11.3 Å². The lowest BCUT2D eigenvalue weighted by Crippen LogP contribution is -2.32. The van der Waals surface area contributed by atoms with Crippen molar-refractivity contribution in [3.05, 3.63) is 32.6 Å². The van der Waals surface area contributed by atoms with E-state index in [1.54, 1.807) is 0 Å². The molecule has 0 bridgehead atoms. The van der Waals surface area contributed by atoms with Crippen LogP contribution in [-0.4, -0.2) is 33.0 Å². The summed E-state index contributed by atoms with van der Waals surface area (Å²) in [5, 5.41) is 18.0. The molecule has 1 rings (SSSR count). The van der Waals surface area contributed by atoms with E-state index in [1.807, 2.05) is 20.8 Å². The van der Waals surface area contributed by atoms with Crippen LogP contribution in [0.5, 0.6) is 0 Å². The normalized spacial score (nSPS) is 11.3. The van der Waals surface area contributed by atoms with Crippen molar-refractivity contribution in [3.8, 4) is 11.8 Å². The Bertz CT molecular complexity index is 637. The van der Waals surface area contributed by atoms with E-state index in [-0.39, 0.29) is 30.1 Å². The van der Waals surface area contributed by atoms with E-state index in [0.717, 1.165) is 0 Å². The maximum atomic E-state index is 11.7. The molecule has 0 fully saturated rings. The second kappa shape index (κ2) is 7.25. The zero-order valence-corrected chi connectivity index (χ0v) is 12.6. The second-order valence-corrected chi connectivity index (χ2v) is 6.02. The summed E-state index contributed by atoms with van der Waals surface area (Å²) in [4.78, 5) is 25.7. The van der Waals surface area contributed by atoms with E-state index in [4.69, 9.17) is 10.2 Å². The van der Waals surface area contributed by atoms with Crippen molar-refractivity contribution in [3.63, 3.8) is 0 Å². The third-order valence-corrected chi connectivity index (χ3v) is 2.88. The van der Waals surface area contributed by atoms with Gasteiger partial charge in [0.05, 0.1) is 0 Å². The Morgan fingerprint density at radius 3 is 2.43 bits per heavy atom. The first-order valence-electron chi connectivity index (χ1n) is 6.85. The van der Waals surface area contributed by atoms with Gasteiger partial charge in [0.1, 0.15) is 5.56 Å². The predicted molar refractivity (Wildman–Crippen MR) is 79.9 cm³/mol. The van der Waals surface area contributed by atoms with Crippen LogP contribution < -0.4 is 11.2 Å². The molecular formula is C15H22N2O4. The molecule has 6 heteroatoms. The van der Waals surface area contributed by atoms with Gasteiger partial charge in [0.25, 0.3) is 5.56 Å². The molecule has 116 valence electrons. The van der Waals surface area contributed by atoms with Gasteiger partial charge < -0.3 is 10.2 Å². The molecule has 1 aromatic rings. The maximum absolute atomic E-state index is 11.7. The Morgan fingerprint density at radius 2 is 1.90 bits per heavy atom. The second-order valence-electron chi connectivity index (χ2n) is 6.02. The van der Waals surface area contributed by atoms with Crippen molar-refractivity contribution in [1.29, 1.82) is 0 Å². The number of hydrogen-bond donors (Lipinski definition) is 3. The molecule has 0 aromatic carbocycles. The maximum Gasteiger partial charge on any atom is 0.328 e. The number of nitrogens with one attached hydrogen (secondary N) is 1. The van der Waals surface area contributed by atoms with E-state index in [1.165, 1.54) is 10.8 Å². The highest BCUT2D eigenvalue weighted by atomic mass is 16.3. The molecular weight excluding hydrogens is 272 g/mol. The fourth-order valence-corrected chi connectivity index (χ4v) is 1.58. The van der Waals surface area contributed by atoms with E-state index in [2.05, 4.69) is 16.8 Å². The van der Waals surface area contributed by atoms with Gasteiger partial charge in [-0.1, -0.05) is 11.8 Å². The lowest BCUT2D eigenvalue weighted by molar-refractivity contribution is 0.140. The molecule has 0 saturated carbocycles. The quantitative estimate of drug-likeness (QED) is 0.662. The summed E-state index contributed by atoms with van der Waals surface area (Å²) in [7, 11) is 0. The fourth-order valence-electron chi connectivity index (χ4n) is 1.58. The van der Waals surface area contributed by atoms with Crippen LogP contribution in [0.2, 0.25) is 0 Å². The summed E-state index contributed by atoms with van der Waals surface area (Å²) in [6.45, 7) is 5.79. The van der Waals surface area contributed by atoms with Crippen LogP contribution in [0, 0.1) is 23.2 Å². The molecule has 1 heterocycles. The third-order valence-electron chi connectivity index (χ3n) is 2.88. The zero-order chi connectivity index (χ0) is 16.0. The number of aromatic amines is 1. The topological polar surface area (TPSA) is 95.3 Å². The number of aryl methyl sites for hydroxylation is 1. The van der Waals surface area contributed by atoms with Gasteiger partial charge in [-0.05, 0) is 27.2 Å². The largest absolute Gasteiger partial charge is 0.396 e. The number of nitrogens with zero attached hydrogens (tertiary/aromatic N) is 1. The molecule has 0 spiro atoms. The Hall–Kier alpha value is -1.84. The molecule has 0 aliphatic carbocycles. The van der Waals surface area contributed by atoms with Crippen LogP contribution in [0.4, 0.5) is 0 Å². The minimum atomic E-state index is -0.518. The molecule has 0 aliphatic rings.